The third-order valence-corrected chi connectivity index (χ3v) is 22.2. The van der Waals surface area contributed by atoms with Crippen LogP contribution in [0.5, 0.6) is 0 Å². The maximum Gasteiger partial charge on any atom is 0.472 e. The molecule has 91 heavy (non-hydrogen) atoms. The van der Waals surface area contributed by atoms with Crippen LogP contribution in [0.1, 0.15) is 258 Å². The Morgan fingerprint density at radius 2 is 0.571 bits per heavy atom. The van der Waals surface area contributed by atoms with Gasteiger partial charge in [-0.3, -0.25) is 36.2 Å². The Morgan fingerprint density at radius 1 is 0.330 bits per heavy atom. The predicted molar refractivity (Wildman–Crippen MR) is 371 cm³/mol. The van der Waals surface area contributed by atoms with Gasteiger partial charge in [0, 0.05) is 93.8 Å². The fourth-order valence-electron chi connectivity index (χ4n) is 11.2. The van der Waals surface area contributed by atoms with Crippen molar-refractivity contribution >= 4 is 48.9 Å². The van der Waals surface area contributed by atoms with E-state index in [1.807, 2.05) is 35.8 Å². The van der Waals surface area contributed by atoms with Crippen LogP contribution in [0.4, 0.5) is 0 Å². The highest BCUT2D eigenvalue weighted by Gasteiger charge is 2.35. The monoisotopic (exact) mass is 1370 g/mol. The van der Waals surface area contributed by atoms with Crippen molar-refractivity contribution in [1.29, 1.82) is 0 Å². The summed E-state index contributed by atoms with van der Waals surface area (Å²) in [6.07, 6.45) is 39.9. The topological polar surface area (TPSA) is 239 Å². The molecule has 0 radical (unpaired) electrons. The molecule has 23 nitrogen and oxygen atoms in total. The summed E-state index contributed by atoms with van der Waals surface area (Å²) in [6, 6.07) is 0. The molecule has 0 saturated carbocycles. The van der Waals surface area contributed by atoms with E-state index < -0.39 is 31.1 Å². The number of likely N-dealkylation sites (N-methyl/N-ethyl adjacent to an activating group) is 3. The van der Waals surface area contributed by atoms with E-state index >= 15 is 0 Å². The third-order valence-electron chi connectivity index (χ3n) is 16.9. The average molecular weight is 1370 g/mol. The SMILES string of the molecule is CCCCCCCCCCCCN1CCN(C)C1=NP(=O)(OC)OCCCOP(=O)(N=C1N(C)CCN1CCCCCCCCCCCC)OCCCOP(=O)(N=C1N(C)CCN1CCCCCCCCCCCC)OCCCOP(=O)(O)OCCCCCCO. The van der Waals surface area contributed by atoms with Crippen molar-refractivity contribution in [3.05, 3.63) is 0 Å². The van der Waals surface area contributed by atoms with Crippen molar-refractivity contribution in [1.82, 2.24) is 29.4 Å². The second kappa shape index (κ2) is 51.5. The summed E-state index contributed by atoms with van der Waals surface area (Å²) in [7, 11) is -9.65. The molecule has 3 fully saturated rings. The number of aliphatic hydroxyl groups excluding tert-OH is 1. The molecule has 4 atom stereocenters. The first-order valence-corrected chi connectivity index (χ1v) is 42.0. The van der Waals surface area contributed by atoms with E-state index in [1.165, 1.54) is 155 Å². The van der Waals surface area contributed by atoms with E-state index in [-0.39, 0.29) is 72.1 Å². The highest BCUT2D eigenvalue weighted by Crippen LogP contribution is 2.54. The van der Waals surface area contributed by atoms with Crippen molar-refractivity contribution in [2.45, 2.75) is 258 Å². The number of nitrogens with zero attached hydrogens (tertiary/aromatic N) is 9. The molecule has 3 rings (SSSR count). The summed E-state index contributed by atoms with van der Waals surface area (Å²) in [6.45, 7) is 12.6. The van der Waals surface area contributed by atoms with Crippen LogP contribution < -0.4 is 0 Å². The van der Waals surface area contributed by atoms with Crippen LogP contribution in [0.15, 0.2) is 14.3 Å². The zero-order valence-corrected chi connectivity index (χ0v) is 61.9. The second-order valence-corrected chi connectivity index (χ2v) is 31.6. The van der Waals surface area contributed by atoms with Crippen LogP contribution >= 0.6 is 31.1 Å². The van der Waals surface area contributed by atoms with E-state index in [2.05, 4.69) is 45.0 Å². The number of phosphoric acid groups is 1. The van der Waals surface area contributed by atoms with Gasteiger partial charge in [-0.1, -0.05) is 207 Å². The number of rotatable bonds is 62. The molecule has 0 aromatic carbocycles. The van der Waals surface area contributed by atoms with Crippen molar-refractivity contribution in [2.24, 2.45) is 14.3 Å². The molecule has 3 saturated heterocycles. The van der Waals surface area contributed by atoms with Crippen LogP contribution in [-0.4, -0.2) is 197 Å². The van der Waals surface area contributed by atoms with Crippen molar-refractivity contribution in [3.8, 4) is 0 Å². The quantitative estimate of drug-likeness (QED) is 0.0425. The predicted octanol–water partition coefficient (Wildman–Crippen LogP) is 16.5. The van der Waals surface area contributed by atoms with E-state index in [1.54, 1.807) is 0 Å². The molecule has 0 aromatic rings. The number of hydrogen-bond acceptors (Lipinski definition) is 13. The zero-order chi connectivity index (χ0) is 66.2. The van der Waals surface area contributed by atoms with Crippen LogP contribution in [0, 0.1) is 0 Å². The van der Waals surface area contributed by atoms with Crippen LogP contribution in [-0.2, 0) is 54.5 Å². The summed E-state index contributed by atoms with van der Waals surface area (Å²) in [5.74, 6) is 1.61. The number of aliphatic hydroxyl groups is 1. The third kappa shape index (κ3) is 38.8. The van der Waals surface area contributed by atoms with E-state index in [9.17, 15) is 23.2 Å². The van der Waals surface area contributed by atoms with Crippen LogP contribution in [0.25, 0.3) is 0 Å². The lowest BCUT2D eigenvalue weighted by atomic mass is 10.1. The van der Waals surface area contributed by atoms with Gasteiger partial charge < -0.3 is 39.4 Å². The minimum atomic E-state index is -4.34. The van der Waals surface area contributed by atoms with Gasteiger partial charge in [0.1, 0.15) is 0 Å². The first kappa shape index (κ1) is 83.6. The molecule has 0 spiro atoms. The van der Waals surface area contributed by atoms with Gasteiger partial charge in [0.15, 0.2) is 0 Å². The number of guanidine groups is 3. The van der Waals surface area contributed by atoms with Gasteiger partial charge in [0.2, 0.25) is 17.9 Å². The molecule has 0 aliphatic carbocycles. The molecule has 27 heteroatoms. The molecule has 0 bridgehead atoms. The number of phosphoric ester groups is 1. The van der Waals surface area contributed by atoms with Gasteiger partial charge in [-0.15, -0.1) is 14.3 Å². The second-order valence-electron chi connectivity index (χ2n) is 25.1. The number of hydrogen-bond donors (Lipinski definition) is 2. The molecule has 3 heterocycles. The first-order chi connectivity index (χ1) is 44.1. The minimum absolute atomic E-state index is 0.0364. The minimum Gasteiger partial charge on any atom is -0.396 e. The average Bonchev–Trinajstić information content (AvgIpc) is 2.56. The maximum atomic E-state index is 14.9. The normalized spacial score (nSPS) is 18.8. The summed E-state index contributed by atoms with van der Waals surface area (Å²) in [5.41, 5.74) is 0. The highest BCUT2D eigenvalue weighted by atomic mass is 31.2. The lowest BCUT2D eigenvalue weighted by Crippen LogP contribution is -2.32. The summed E-state index contributed by atoms with van der Waals surface area (Å²) in [5, 5.41) is 9.03. The zero-order valence-electron chi connectivity index (χ0n) is 58.3. The van der Waals surface area contributed by atoms with E-state index in [0.29, 0.717) is 56.9 Å². The van der Waals surface area contributed by atoms with Gasteiger partial charge in [0.25, 0.3) is 0 Å². The summed E-state index contributed by atoms with van der Waals surface area (Å²) >= 11 is 0. The largest absolute Gasteiger partial charge is 0.472 e. The Hall–Kier alpha value is -1.67. The van der Waals surface area contributed by atoms with Gasteiger partial charge in [-0.05, 0) is 51.4 Å². The van der Waals surface area contributed by atoms with Gasteiger partial charge >= 0.3 is 31.1 Å². The molecule has 2 N–H and O–H groups in total. The molecular formula is C64H131N9O14P4. The van der Waals surface area contributed by atoms with E-state index in [0.717, 1.165) is 90.5 Å². The van der Waals surface area contributed by atoms with Gasteiger partial charge in [0.05, 0.1) is 46.2 Å². The molecule has 3 aliphatic heterocycles. The lowest BCUT2D eigenvalue weighted by Gasteiger charge is -2.24. The molecule has 536 valence electrons. The van der Waals surface area contributed by atoms with Crippen LogP contribution in [0.3, 0.4) is 0 Å². The fourth-order valence-corrected chi connectivity index (χ4v) is 16.0. The standard InChI is InChI=1S/C64H131N9O14P4/c1-8-11-14-17-20-23-26-29-32-37-45-71-51-48-68(4)62(71)65-88(75,80-7)81-56-42-57-82-89(76,66-63-69(5)49-52-72(63)46-38-33-30-27-24-21-18-15-12-9-2)83-58-43-59-84-90(77,85-60-44-61-87-91(78,79)86-55-41-36-35-40-54-74)67-64-70(6)50-53-73(64)47-39-34-31-28-25-22-19-16-13-10-3/h74H,8-61H2,1-7H3,(H,78,79). The Morgan fingerprint density at radius 3 is 0.868 bits per heavy atom. The molecular weight excluding hydrogens is 1240 g/mol. The van der Waals surface area contributed by atoms with Crippen molar-refractivity contribution < 1.29 is 64.5 Å². The summed E-state index contributed by atoms with van der Waals surface area (Å²) in [4.78, 5) is 22.6. The van der Waals surface area contributed by atoms with E-state index in [4.69, 9.17) is 46.1 Å². The Balaban J connectivity index is 1.71. The molecule has 3 aliphatic rings. The van der Waals surface area contributed by atoms with Crippen LogP contribution in [0.2, 0.25) is 0 Å². The number of unbranched alkanes of at least 4 members (excludes halogenated alkanes) is 30. The van der Waals surface area contributed by atoms with Crippen molar-refractivity contribution in [3.63, 3.8) is 0 Å². The Kier molecular flexibility index (Phi) is 47.3. The highest BCUT2D eigenvalue weighted by molar-refractivity contribution is 7.53. The van der Waals surface area contributed by atoms with Gasteiger partial charge in [-0.2, -0.15) is 0 Å². The Bertz CT molecular complexity index is 2140. The maximum absolute atomic E-state index is 14.9. The molecule has 0 aromatic heterocycles. The lowest BCUT2D eigenvalue weighted by molar-refractivity contribution is 0.134. The smallest absolute Gasteiger partial charge is 0.396 e. The van der Waals surface area contributed by atoms with Gasteiger partial charge in [-0.25, -0.2) is 18.3 Å². The Labute approximate surface area is 553 Å². The molecule has 4 unspecified atom stereocenters. The van der Waals surface area contributed by atoms with Crippen molar-refractivity contribution in [2.75, 3.05) is 140 Å². The first-order valence-electron chi connectivity index (χ1n) is 36.1. The fraction of sp³-hybridized carbons (Fsp3) is 0.953. The summed E-state index contributed by atoms with van der Waals surface area (Å²) < 4.78 is 116. The molecule has 0 amide bonds.